The van der Waals surface area contributed by atoms with Gasteiger partial charge in [0.15, 0.2) is 0 Å². The predicted molar refractivity (Wildman–Crippen MR) is 65.6 cm³/mol. The largest absolute Gasteiger partial charge is 0.383 e. The second-order valence-corrected chi connectivity index (χ2v) is 5.14. The maximum absolute atomic E-state index is 11.6. The lowest BCUT2D eigenvalue weighted by Crippen LogP contribution is -2.36. The Morgan fingerprint density at radius 2 is 2.28 bits per heavy atom. The summed E-state index contributed by atoms with van der Waals surface area (Å²) in [6.07, 6.45) is 0.963. The Balaban J connectivity index is 1.68. The third-order valence-electron chi connectivity index (χ3n) is 4.02. The van der Waals surface area contributed by atoms with Crippen molar-refractivity contribution in [3.63, 3.8) is 0 Å². The van der Waals surface area contributed by atoms with E-state index in [9.17, 15) is 9.90 Å². The van der Waals surface area contributed by atoms with E-state index in [1.807, 2.05) is 18.2 Å². The van der Waals surface area contributed by atoms with Gasteiger partial charge in [-0.05, 0) is 12.1 Å². The normalized spacial score (nSPS) is 32.0. The standard InChI is InChI=1S/C13H17N3O2/c1-15-11-8-16(6-9-4-2-3-5-14-9)7-10(11)12(17)13(15)18/h2-5,10-12,17H,6-8H2,1H3/t10-,11+,12-/m0/s1. The van der Waals surface area contributed by atoms with E-state index < -0.39 is 6.10 Å². The van der Waals surface area contributed by atoms with Gasteiger partial charge in [-0.25, -0.2) is 0 Å². The molecule has 0 aromatic carbocycles. The molecule has 2 saturated heterocycles. The molecule has 3 atom stereocenters. The SMILES string of the molecule is CN1C(=O)[C@@H](O)[C@H]2CN(Cc3ccccn3)C[C@H]21. The maximum Gasteiger partial charge on any atom is 0.251 e. The van der Waals surface area contributed by atoms with E-state index in [4.69, 9.17) is 0 Å². The zero-order chi connectivity index (χ0) is 12.7. The molecule has 18 heavy (non-hydrogen) atoms. The van der Waals surface area contributed by atoms with Crippen LogP contribution in [-0.2, 0) is 11.3 Å². The Hall–Kier alpha value is -1.46. The lowest BCUT2D eigenvalue weighted by atomic mass is 10.0. The van der Waals surface area contributed by atoms with E-state index >= 15 is 0 Å². The third-order valence-corrected chi connectivity index (χ3v) is 4.02. The number of hydrogen-bond donors (Lipinski definition) is 1. The Kier molecular flexibility index (Phi) is 2.80. The summed E-state index contributed by atoms with van der Waals surface area (Å²) in [6, 6.07) is 6.03. The zero-order valence-corrected chi connectivity index (χ0v) is 10.4. The Labute approximate surface area is 106 Å². The summed E-state index contributed by atoms with van der Waals surface area (Å²) < 4.78 is 0. The Morgan fingerprint density at radius 1 is 1.44 bits per heavy atom. The number of aliphatic hydroxyl groups excluding tert-OH is 1. The number of hydrogen-bond acceptors (Lipinski definition) is 4. The Morgan fingerprint density at radius 3 is 2.94 bits per heavy atom. The van der Waals surface area contributed by atoms with Crippen molar-refractivity contribution in [2.75, 3.05) is 20.1 Å². The summed E-state index contributed by atoms with van der Waals surface area (Å²) in [7, 11) is 1.78. The summed E-state index contributed by atoms with van der Waals surface area (Å²) >= 11 is 0. The molecule has 1 aromatic rings. The fraction of sp³-hybridized carbons (Fsp3) is 0.538. The number of pyridine rings is 1. The van der Waals surface area contributed by atoms with Gasteiger partial charge in [0, 0.05) is 38.8 Å². The number of likely N-dealkylation sites (N-methyl/N-ethyl adjacent to an activating group) is 1. The van der Waals surface area contributed by atoms with Gasteiger partial charge >= 0.3 is 0 Å². The van der Waals surface area contributed by atoms with E-state index in [1.165, 1.54) is 0 Å². The number of carbonyl (C=O) groups excluding carboxylic acids is 1. The molecule has 0 bridgehead atoms. The molecule has 0 saturated carbocycles. The van der Waals surface area contributed by atoms with Crippen molar-refractivity contribution in [3.8, 4) is 0 Å². The zero-order valence-electron chi connectivity index (χ0n) is 10.4. The van der Waals surface area contributed by atoms with Crippen LogP contribution in [-0.4, -0.2) is 58.1 Å². The van der Waals surface area contributed by atoms with Crippen LogP contribution in [0.3, 0.4) is 0 Å². The minimum atomic E-state index is -0.825. The van der Waals surface area contributed by atoms with Crippen LogP contribution in [0.4, 0.5) is 0 Å². The first-order valence-corrected chi connectivity index (χ1v) is 6.24. The second-order valence-electron chi connectivity index (χ2n) is 5.14. The van der Waals surface area contributed by atoms with Crippen LogP contribution in [0.25, 0.3) is 0 Å². The number of amides is 1. The minimum absolute atomic E-state index is 0.0474. The van der Waals surface area contributed by atoms with Crippen molar-refractivity contribution in [1.29, 1.82) is 0 Å². The number of likely N-dealkylation sites (tertiary alicyclic amines) is 2. The monoisotopic (exact) mass is 247 g/mol. The molecule has 0 aliphatic carbocycles. The highest BCUT2D eigenvalue weighted by molar-refractivity contribution is 5.84. The van der Waals surface area contributed by atoms with Crippen molar-refractivity contribution < 1.29 is 9.90 Å². The van der Waals surface area contributed by atoms with Crippen LogP contribution >= 0.6 is 0 Å². The number of aliphatic hydroxyl groups is 1. The van der Waals surface area contributed by atoms with Crippen molar-refractivity contribution in [2.45, 2.75) is 18.7 Å². The van der Waals surface area contributed by atoms with Crippen molar-refractivity contribution in [2.24, 2.45) is 5.92 Å². The summed E-state index contributed by atoms with van der Waals surface area (Å²) in [5.41, 5.74) is 1.03. The van der Waals surface area contributed by atoms with Gasteiger partial charge in [-0.1, -0.05) is 6.07 Å². The van der Waals surface area contributed by atoms with Crippen LogP contribution < -0.4 is 0 Å². The maximum atomic E-state index is 11.6. The number of nitrogens with zero attached hydrogens (tertiary/aromatic N) is 3. The molecule has 2 fully saturated rings. The Bertz CT molecular complexity index is 431. The summed E-state index contributed by atoms with van der Waals surface area (Å²) in [4.78, 5) is 19.9. The number of aromatic nitrogens is 1. The van der Waals surface area contributed by atoms with Gasteiger partial charge in [0.25, 0.3) is 5.91 Å². The smallest absolute Gasteiger partial charge is 0.251 e. The van der Waals surface area contributed by atoms with Crippen LogP contribution in [0.1, 0.15) is 5.69 Å². The van der Waals surface area contributed by atoms with Gasteiger partial charge in [-0.3, -0.25) is 14.7 Å². The molecule has 96 valence electrons. The first kappa shape index (κ1) is 11.6. The van der Waals surface area contributed by atoms with Gasteiger partial charge in [0.05, 0.1) is 11.7 Å². The molecule has 3 rings (SSSR count). The summed E-state index contributed by atoms with van der Waals surface area (Å²) in [5, 5.41) is 9.89. The lowest BCUT2D eigenvalue weighted by Gasteiger charge is -2.20. The molecule has 0 spiro atoms. The van der Waals surface area contributed by atoms with Crippen LogP contribution in [0.5, 0.6) is 0 Å². The van der Waals surface area contributed by atoms with Crippen molar-refractivity contribution in [1.82, 2.24) is 14.8 Å². The number of fused-ring (bicyclic) bond motifs is 1. The van der Waals surface area contributed by atoms with E-state index in [0.29, 0.717) is 0 Å². The predicted octanol–water partition coefficient (Wildman–Crippen LogP) is -0.285. The lowest BCUT2D eigenvalue weighted by molar-refractivity contribution is -0.135. The molecular weight excluding hydrogens is 230 g/mol. The van der Waals surface area contributed by atoms with Crippen molar-refractivity contribution >= 4 is 5.91 Å². The average Bonchev–Trinajstić information content (AvgIpc) is 2.88. The highest BCUT2D eigenvalue weighted by Crippen LogP contribution is 2.32. The quantitative estimate of drug-likeness (QED) is 0.780. The molecule has 0 unspecified atom stereocenters. The topological polar surface area (TPSA) is 56.7 Å². The number of rotatable bonds is 2. The molecular formula is C13H17N3O2. The molecule has 5 nitrogen and oxygen atoms in total. The van der Waals surface area contributed by atoms with Crippen LogP contribution in [0, 0.1) is 5.92 Å². The second kappa shape index (κ2) is 4.33. The molecule has 2 aliphatic rings. The van der Waals surface area contributed by atoms with E-state index in [1.54, 1.807) is 18.1 Å². The minimum Gasteiger partial charge on any atom is -0.383 e. The van der Waals surface area contributed by atoms with Gasteiger partial charge in [0.1, 0.15) is 6.10 Å². The molecule has 1 N–H and O–H groups in total. The molecule has 0 radical (unpaired) electrons. The first-order valence-electron chi connectivity index (χ1n) is 6.24. The molecule has 3 heterocycles. The molecule has 2 aliphatic heterocycles. The van der Waals surface area contributed by atoms with E-state index in [0.717, 1.165) is 25.3 Å². The van der Waals surface area contributed by atoms with Crippen molar-refractivity contribution in [3.05, 3.63) is 30.1 Å². The summed E-state index contributed by atoms with van der Waals surface area (Å²) in [6.45, 7) is 2.36. The van der Waals surface area contributed by atoms with Gasteiger partial charge in [0.2, 0.25) is 0 Å². The van der Waals surface area contributed by atoms with Crippen LogP contribution in [0.2, 0.25) is 0 Å². The highest BCUT2D eigenvalue weighted by Gasteiger charge is 2.50. The van der Waals surface area contributed by atoms with Gasteiger partial charge in [-0.2, -0.15) is 0 Å². The molecule has 5 heteroatoms. The number of carbonyl (C=O) groups is 1. The average molecular weight is 247 g/mol. The fourth-order valence-electron chi connectivity index (χ4n) is 3.02. The molecule has 1 amide bonds. The third kappa shape index (κ3) is 1.79. The summed E-state index contributed by atoms with van der Waals surface area (Å²) in [5.74, 6) is -0.0892. The van der Waals surface area contributed by atoms with Gasteiger partial charge in [-0.15, -0.1) is 0 Å². The van der Waals surface area contributed by atoms with Crippen LogP contribution in [0.15, 0.2) is 24.4 Å². The van der Waals surface area contributed by atoms with E-state index in [2.05, 4.69) is 9.88 Å². The molecule has 1 aromatic heterocycles. The highest BCUT2D eigenvalue weighted by atomic mass is 16.3. The first-order chi connectivity index (χ1) is 8.66. The fourth-order valence-corrected chi connectivity index (χ4v) is 3.02. The van der Waals surface area contributed by atoms with E-state index in [-0.39, 0.29) is 17.9 Å². The van der Waals surface area contributed by atoms with Gasteiger partial charge < -0.3 is 10.0 Å².